The number of carbonyl (C=O) groups is 1. The summed E-state index contributed by atoms with van der Waals surface area (Å²) in [7, 11) is 0. The number of nitrogens with two attached hydrogens (primary N) is 1. The third-order valence-corrected chi connectivity index (χ3v) is 2.13. The highest BCUT2D eigenvalue weighted by Crippen LogP contribution is 2.32. The molecule has 1 unspecified atom stereocenters. The highest BCUT2D eigenvalue weighted by molar-refractivity contribution is 5.73. The summed E-state index contributed by atoms with van der Waals surface area (Å²) in [5.41, 5.74) is 3.60. The van der Waals surface area contributed by atoms with E-state index in [1.54, 1.807) is 0 Å². The van der Waals surface area contributed by atoms with Gasteiger partial charge in [-0.1, -0.05) is 6.07 Å². The molecule has 0 heterocycles. The van der Waals surface area contributed by atoms with Crippen LogP contribution in [-0.4, -0.2) is 17.1 Å². The maximum Gasteiger partial charge on any atom is 0.416 e. The molecule has 0 saturated heterocycles. The van der Waals surface area contributed by atoms with Gasteiger partial charge in [0, 0.05) is 0 Å². The molecule has 1 aromatic rings. The molecular formula is C10H9F4NO2. The van der Waals surface area contributed by atoms with Crippen LogP contribution in [0.5, 0.6) is 0 Å². The molecule has 1 rings (SSSR count). The van der Waals surface area contributed by atoms with Crippen molar-refractivity contribution in [2.45, 2.75) is 18.6 Å². The molecular weight excluding hydrogens is 242 g/mol. The highest BCUT2D eigenvalue weighted by Gasteiger charge is 2.34. The minimum atomic E-state index is -4.74. The average Bonchev–Trinajstić information content (AvgIpc) is 2.18. The van der Waals surface area contributed by atoms with Crippen molar-refractivity contribution in [1.82, 2.24) is 0 Å². The molecule has 1 atom stereocenters. The molecule has 0 fully saturated rings. The van der Waals surface area contributed by atoms with Gasteiger partial charge in [0.25, 0.3) is 0 Å². The standard InChI is InChI=1S/C10H9F4NO2/c11-6-2-1-5(3-8(15)9(16)17)7(4-6)10(12,13)14/h1-2,4,8H,3,15H2,(H,16,17). The van der Waals surface area contributed by atoms with E-state index in [-0.39, 0.29) is 5.56 Å². The van der Waals surface area contributed by atoms with Gasteiger partial charge < -0.3 is 10.8 Å². The van der Waals surface area contributed by atoms with Crippen LogP contribution in [0.4, 0.5) is 17.6 Å². The van der Waals surface area contributed by atoms with Gasteiger partial charge in [-0.15, -0.1) is 0 Å². The summed E-state index contributed by atoms with van der Waals surface area (Å²) in [6, 6.07) is 0.589. The van der Waals surface area contributed by atoms with Crippen LogP contribution < -0.4 is 5.73 Å². The molecule has 0 spiro atoms. The van der Waals surface area contributed by atoms with Crippen LogP contribution in [0.1, 0.15) is 11.1 Å². The van der Waals surface area contributed by atoms with Gasteiger partial charge in [-0.2, -0.15) is 13.2 Å². The smallest absolute Gasteiger partial charge is 0.416 e. The van der Waals surface area contributed by atoms with Gasteiger partial charge in [0.15, 0.2) is 0 Å². The topological polar surface area (TPSA) is 63.3 Å². The molecule has 0 saturated carbocycles. The van der Waals surface area contributed by atoms with E-state index in [0.717, 1.165) is 12.1 Å². The fourth-order valence-corrected chi connectivity index (χ4v) is 1.31. The minimum absolute atomic E-state index is 0.323. The van der Waals surface area contributed by atoms with E-state index in [0.29, 0.717) is 6.07 Å². The predicted octanol–water partition coefficient (Wildman–Crippen LogP) is 1.80. The molecule has 0 amide bonds. The van der Waals surface area contributed by atoms with Crippen LogP contribution in [0, 0.1) is 5.82 Å². The van der Waals surface area contributed by atoms with E-state index in [9.17, 15) is 22.4 Å². The molecule has 1 aromatic carbocycles. The van der Waals surface area contributed by atoms with Crippen molar-refractivity contribution in [3.63, 3.8) is 0 Å². The van der Waals surface area contributed by atoms with E-state index in [1.165, 1.54) is 0 Å². The second-order valence-electron chi connectivity index (χ2n) is 3.45. The van der Waals surface area contributed by atoms with Crippen molar-refractivity contribution in [2.75, 3.05) is 0 Å². The van der Waals surface area contributed by atoms with Crippen molar-refractivity contribution in [3.05, 3.63) is 35.1 Å². The molecule has 0 aliphatic carbocycles. The predicted molar refractivity (Wildman–Crippen MR) is 50.7 cm³/mol. The normalized spacial score (nSPS) is 13.5. The number of carboxylic acid groups (broad SMARTS) is 1. The number of hydrogen-bond donors (Lipinski definition) is 2. The molecule has 3 N–H and O–H groups in total. The fraction of sp³-hybridized carbons (Fsp3) is 0.300. The monoisotopic (exact) mass is 251 g/mol. The molecule has 0 aromatic heterocycles. The molecule has 17 heavy (non-hydrogen) atoms. The van der Waals surface area contributed by atoms with Crippen molar-refractivity contribution in [3.8, 4) is 0 Å². The number of hydrogen-bond acceptors (Lipinski definition) is 2. The lowest BCUT2D eigenvalue weighted by Crippen LogP contribution is -2.33. The Bertz CT molecular complexity index is 431. The third-order valence-electron chi connectivity index (χ3n) is 2.13. The summed E-state index contributed by atoms with van der Waals surface area (Å²) in [5, 5.41) is 8.51. The average molecular weight is 251 g/mol. The van der Waals surface area contributed by atoms with E-state index in [1.807, 2.05) is 0 Å². The highest BCUT2D eigenvalue weighted by atomic mass is 19.4. The number of aliphatic carboxylic acids is 1. The van der Waals surface area contributed by atoms with Crippen LogP contribution in [-0.2, 0) is 17.4 Å². The molecule has 7 heteroatoms. The molecule has 0 radical (unpaired) electrons. The van der Waals surface area contributed by atoms with Crippen LogP contribution in [0.15, 0.2) is 18.2 Å². The van der Waals surface area contributed by atoms with Gasteiger partial charge in [-0.25, -0.2) is 4.39 Å². The Morgan fingerprint density at radius 2 is 2.00 bits per heavy atom. The lowest BCUT2D eigenvalue weighted by Gasteiger charge is -2.14. The van der Waals surface area contributed by atoms with Gasteiger partial charge in [-0.3, -0.25) is 4.79 Å². The summed E-state index contributed by atoms with van der Waals surface area (Å²) in [6.45, 7) is 0. The van der Waals surface area contributed by atoms with Gasteiger partial charge in [0.05, 0.1) is 5.56 Å². The van der Waals surface area contributed by atoms with Crippen LogP contribution in [0.2, 0.25) is 0 Å². The molecule has 3 nitrogen and oxygen atoms in total. The first-order valence-electron chi connectivity index (χ1n) is 4.56. The summed E-state index contributed by atoms with van der Waals surface area (Å²) in [4.78, 5) is 10.5. The first kappa shape index (κ1) is 13.4. The number of carboxylic acids is 1. The van der Waals surface area contributed by atoms with Gasteiger partial charge in [0.2, 0.25) is 0 Å². The summed E-state index contributed by atoms with van der Waals surface area (Å²) >= 11 is 0. The molecule has 0 bridgehead atoms. The molecule has 0 aliphatic rings. The van der Waals surface area contributed by atoms with Crippen molar-refractivity contribution < 1.29 is 27.5 Å². The number of halogens is 4. The third kappa shape index (κ3) is 3.42. The Hall–Kier alpha value is -1.63. The fourth-order valence-electron chi connectivity index (χ4n) is 1.31. The number of alkyl halides is 3. The second-order valence-corrected chi connectivity index (χ2v) is 3.45. The summed E-state index contributed by atoms with van der Waals surface area (Å²) in [5.74, 6) is -2.45. The van der Waals surface area contributed by atoms with Crippen molar-refractivity contribution >= 4 is 5.97 Å². The summed E-state index contributed by atoms with van der Waals surface area (Å²) < 4.78 is 50.3. The van der Waals surface area contributed by atoms with Gasteiger partial charge in [0.1, 0.15) is 11.9 Å². The molecule has 0 aliphatic heterocycles. The molecule has 94 valence electrons. The van der Waals surface area contributed by atoms with E-state index >= 15 is 0 Å². The summed E-state index contributed by atoms with van der Waals surface area (Å²) in [6.07, 6.45) is -5.25. The minimum Gasteiger partial charge on any atom is -0.480 e. The first-order chi connectivity index (χ1) is 7.71. The maximum absolute atomic E-state index is 12.7. The Morgan fingerprint density at radius 3 is 2.47 bits per heavy atom. The van der Waals surface area contributed by atoms with E-state index in [4.69, 9.17) is 10.8 Å². The Morgan fingerprint density at radius 1 is 1.41 bits per heavy atom. The van der Waals surface area contributed by atoms with Crippen LogP contribution >= 0.6 is 0 Å². The quantitative estimate of drug-likeness (QED) is 0.805. The van der Waals surface area contributed by atoms with Crippen molar-refractivity contribution in [2.24, 2.45) is 5.73 Å². The zero-order valence-corrected chi connectivity index (χ0v) is 8.46. The van der Waals surface area contributed by atoms with Crippen LogP contribution in [0.3, 0.4) is 0 Å². The number of rotatable bonds is 3. The lowest BCUT2D eigenvalue weighted by atomic mass is 10.00. The zero-order chi connectivity index (χ0) is 13.2. The SMILES string of the molecule is NC(Cc1ccc(F)cc1C(F)(F)F)C(=O)O. The van der Waals surface area contributed by atoms with Crippen LogP contribution in [0.25, 0.3) is 0 Å². The van der Waals surface area contributed by atoms with E-state index in [2.05, 4.69) is 0 Å². The largest absolute Gasteiger partial charge is 0.480 e. The lowest BCUT2D eigenvalue weighted by molar-refractivity contribution is -0.141. The maximum atomic E-state index is 12.7. The van der Waals surface area contributed by atoms with E-state index < -0.39 is 36.0 Å². The second kappa shape index (κ2) is 4.70. The number of benzene rings is 1. The van der Waals surface area contributed by atoms with Gasteiger partial charge in [-0.05, 0) is 24.1 Å². The zero-order valence-electron chi connectivity index (χ0n) is 8.46. The van der Waals surface area contributed by atoms with Gasteiger partial charge >= 0.3 is 12.1 Å². The first-order valence-corrected chi connectivity index (χ1v) is 4.56. The Balaban J connectivity index is 3.11. The van der Waals surface area contributed by atoms with Crippen molar-refractivity contribution in [1.29, 1.82) is 0 Å². The Kier molecular flexibility index (Phi) is 3.72. The Labute approximate surface area is 93.8 Å².